The Morgan fingerprint density at radius 1 is 1.24 bits per heavy atom. The summed E-state index contributed by atoms with van der Waals surface area (Å²) in [6.45, 7) is 2.15. The number of hydrogen-bond donors (Lipinski definition) is 1. The van der Waals surface area contributed by atoms with Crippen LogP contribution in [0.25, 0.3) is 0 Å². The summed E-state index contributed by atoms with van der Waals surface area (Å²) in [7, 11) is 1.93. The van der Waals surface area contributed by atoms with Crippen molar-refractivity contribution in [2.45, 2.75) is 19.1 Å². The van der Waals surface area contributed by atoms with E-state index in [1.165, 1.54) is 0 Å². The predicted octanol–water partition coefficient (Wildman–Crippen LogP) is 1.86. The van der Waals surface area contributed by atoms with E-state index in [2.05, 4.69) is 10.3 Å². The Balaban J connectivity index is 1.35. The highest BCUT2D eigenvalue weighted by Gasteiger charge is 2.20. The maximum atomic E-state index is 12.0. The van der Waals surface area contributed by atoms with Crippen LogP contribution in [0.3, 0.4) is 0 Å². The zero-order valence-electron chi connectivity index (χ0n) is 14.4. The number of likely N-dealkylation sites (N-methyl/N-ethyl adjacent to an activating group) is 1. The molecule has 0 aliphatic carbocycles. The molecule has 2 aromatic rings. The Hall–Kier alpha value is -2.60. The van der Waals surface area contributed by atoms with Crippen molar-refractivity contribution in [3.63, 3.8) is 0 Å². The minimum atomic E-state index is -0.0373. The van der Waals surface area contributed by atoms with Gasteiger partial charge in [0.1, 0.15) is 12.7 Å². The molecule has 132 valence electrons. The second-order valence-electron chi connectivity index (χ2n) is 6.16. The highest BCUT2D eigenvalue weighted by Crippen LogP contribution is 2.31. The number of pyridine rings is 1. The average Bonchev–Trinajstić information content (AvgIpc) is 2.62. The minimum Gasteiger partial charge on any atom is -0.486 e. The summed E-state index contributed by atoms with van der Waals surface area (Å²) < 4.78 is 11.6. The van der Waals surface area contributed by atoms with Crippen molar-refractivity contribution in [3.05, 3.63) is 54.4 Å². The summed E-state index contributed by atoms with van der Waals surface area (Å²) in [5.74, 6) is 1.55. The molecule has 1 N–H and O–H groups in total. The zero-order valence-corrected chi connectivity index (χ0v) is 14.4. The molecule has 3 rings (SSSR count). The number of ether oxygens (including phenoxy) is 2. The van der Waals surface area contributed by atoms with E-state index in [9.17, 15) is 4.79 Å². The number of fused-ring (bicyclic) bond motifs is 1. The van der Waals surface area contributed by atoms with Gasteiger partial charge in [-0.2, -0.15) is 0 Å². The van der Waals surface area contributed by atoms with E-state index in [-0.39, 0.29) is 12.0 Å². The Bertz CT molecular complexity index is 693. The lowest BCUT2D eigenvalue weighted by Crippen LogP contribution is -2.38. The number of para-hydroxylation sites is 2. The van der Waals surface area contributed by atoms with Crippen LogP contribution in [0, 0.1) is 0 Å². The molecular weight excluding hydrogens is 318 g/mol. The molecule has 6 heteroatoms. The molecular formula is C19H23N3O3. The van der Waals surface area contributed by atoms with Crippen molar-refractivity contribution in [1.82, 2.24) is 15.2 Å². The largest absolute Gasteiger partial charge is 0.486 e. The zero-order chi connectivity index (χ0) is 17.5. The van der Waals surface area contributed by atoms with Crippen molar-refractivity contribution >= 4 is 5.91 Å². The smallest absolute Gasteiger partial charge is 0.234 e. The molecule has 0 fully saturated rings. The molecule has 6 nitrogen and oxygen atoms in total. The van der Waals surface area contributed by atoms with Crippen molar-refractivity contribution < 1.29 is 14.3 Å². The second kappa shape index (κ2) is 8.48. The van der Waals surface area contributed by atoms with E-state index in [1.807, 2.05) is 48.3 Å². The maximum Gasteiger partial charge on any atom is 0.234 e. The van der Waals surface area contributed by atoms with Crippen molar-refractivity contribution in [3.8, 4) is 11.5 Å². The van der Waals surface area contributed by atoms with Crippen molar-refractivity contribution in [1.29, 1.82) is 0 Å². The quantitative estimate of drug-likeness (QED) is 0.833. The van der Waals surface area contributed by atoms with E-state index < -0.39 is 0 Å². The summed E-state index contributed by atoms with van der Waals surface area (Å²) in [5, 5.41) is 2.94. The summed E-state index contributed by atoms with van der Waals surface area (Å²) in [5.41, 5.74) is 1.14. The van der Waals surface area contributed by atoms with Crippen LogP contribution in [0.2, 0.25) is 0 Å². The van der Waals surface area contributed by atoms with Crippen LogP contribution in [-0.2, 0) is 11.3 Å². The monoisotopic (exact) mass is 341 g/mol. The lowest BCUT2D eigenvalue weighted by atomic mass is 10.2. The first-order valence-corrected chi connectivity index (χ1v) is 8.43. The standard InChI is InChI=1S/C19H23N3O3/c1-22(12-15-6-9-20-10-7-15)13-19(23)21-11-8-16-14-24-17-4-2-3-5-18(17)25-16/h2-7,9-10,16H,8,11-14H2,1H3,(H,21,23)/t16-/m0/s1. The topological polar surface area (TPSA) is 63.7 Å². The second-order valence-corrected chi connectivity index (χ2v) is 6.16. The Kier molecular flexibility index (Phi) is 5.85. The third-order valence-electron chi connectivity index (χ3n) is 3.97. The molecule has 0 unspecified atom stereocenters. The number of nitrogens with zero attached hydrogens (tertiary/aromatic N) is 2. The van der Waals surface area contributed by atoms with E-state index in [0.717, 1.165) is 17.1 Å². The van der Waals surface area contributed by atoms with Gasteiger partial charge in [-0.15, -0.1) is 0 Å². The molecule has 1 aliphatic rings. The predicted molar refractivity (Wildman–Crippen MR) is 94.6 cm³/mol. The molecule has 2 heterocycles. The molecule has 0 saturated heterocycles. The molecule has 1 aliphatic heterocycles. The fourth-order valence-corrected chi connectivity index (χ4v) is 2.73. The number of aromatic nitrogens is 1. The van der Waals surface area contributed by atoms with Crippen molar-refractivity contribution in [2.24, 2.45) is 0 Å². The van der Waals surface area contributed by atoms with E-state index in [1.54, 1.807) is 12.4 Å². The maximum absolute atomic E-state index is 12.0. The normalized spacial score (nSPS) is 15.8. The fourth-order valence-electron chi connectivity index (χ4n) is 2.73. The third-order valence-corrected chi connectivity index (χ3v) is 3.97. The minimum absolute atomic E-state index is 0.00804. The summed E-state index contributed by atoms with van der Waals surface area (Å²) in [6, 6.07) is 11.5. The van der Waals surface area contributed by atoms with Gasteiger partial charge in [-0.3, -0.25) is 14.7 Å². The fraction of sp³-hybridized carbons (Fsp3) is 0.368. The van der Waals surface area contributed by atoms with Crippen LogP contribution in [0.5, 0.6) is 11.5 Å². The number of hydrogen-bond acceptors (Lipinski definition) is 5. The number of amides is 1. The van der Waals surface area contributed by atoms with Gasteiger partial charge < -0.3 is 14.8 Å². The van der Waals surface area contributed by atoms with Crippen LogP contribution in [-0.4, -0.2) is 48.6 Å². The Morgan fingerprint density at radius 3 is 2.80 bits per heavy atom. The highest BCUT2D eigenvalue weighted by atomic mass is 16.6. The third kappa shape index (κ3) is 5.19. The van der Waals surface area contributed by atoms with Crippen LogP contribution in [0.15, 0.2) is 48.8 Å². The van der Waals surface area contributed by atoms with Crippen molar-refractivity contribution in [2.75, 3.05) is 26.7 Å². The summed E-state index contributed by atoms with van der Waals surface area (Å²) >= 11 is 0. The van der Waals surface area contributed by atoms with Gasteiger partial charge in [-0.1, -0.05) is 12.1 Å². The summed E-state index contributed by atoms with van der Waals surface area (Å²) in [6.07, 6.45) is 4.19. The van der Waals surface area contributed by atoms with Gasteiger partial charge in [-0.05, 0) is 36.9 Å². The van der Waals surface area contributed by atoms with E-state index in [0.29, 0.717) is 32.7 Å². The van der Waals surface area contributed by atoms with Crippen LogP contribution in [0.1, 0.15) is 12.0 Å². The molecule has 0 saturated carbocycles. The average molecular weight is 341 g/mol. The van der Waals surface area contributed by atoms with E-state index >= 15 is 0 Å². The van der Waals surface area contributed by atoms with Gasteiger partial charge in [-0.25, -0.2) is 0 Å². The van der Waals surface area contributed by atoms with Crippen LogP contribution < -0.4 is 14.8 Å². The first-order chi connectivity index (χ1) is 12.2. The van der Waals surface area contributed by atoms with Gasteiger partial charge in [0.2, 0.25) is 5.91 Å². The Labute approximate surface area is 147 Å². The SMILES string of the molecule is CN(CC(=O)NCC[C@H]1COc2ccccc2O1)Cc1ccncc1. The Morgan fingerprint density at radius 2 is 2.00 bits per heavy atom. The van der Waals surface area contributed by atoms with Gasteiger partial charge in [0.15, 0.2) is 11.5 Å². The van der Waals surface area contributed by atoms with E-state index in [4.69, 9.17) is 9.47 Å². The molecule has 1 aromatic heterocycles. The summed E-state index contributed by atoms with van der Waals surface area (Å²) in [4.78, 5) is 18.0. The lowest BCUT2D eigenvalue weighted by molar-refractivity contribution is -0.122. The molecule has 1 atom stereocenters. The molecule has 25 heavy (non-hydrogen) atoms. The number of carbonyl (C=O) groups is 1. The molecule has 1 amide bonds. The van der Waals surface area contributed by atoms with Gasteiger partial charge in [0, 0.05) is 31.9 Å². The highest BCUT2D eigenvalue weighted by molar-refractivity contribution is 5.77. The molecule has 0 radical (unpaired) electrons. The molecule has 0 bridgehead atoms. The lowest BCUT2D eigenvalue weighted by Gasteiger charge is -2.26. The number of rotatable bonds is 7. The molecule has 1 aromatic carbocycles. The number of carbonyl (C=O) groups excluding carboxylic acids is 1. The van der Waals surface area contributed by atoms with Gasteiger partial charge in [0.25, 0.3) is 0 Å². The number of nitrogens with one attached hydrogen (secondary N) is 1. The van der Waals surface area contributed by atoms with Crippen LogP contribution >= 0.6 is 0 Å². The first-order valence-electron chi connectivity index (χ1n) is 8.43. The van der Waals surface area contributed by atoms with Gasteiger partial charge in [0.05, 0.1) is 6.54 Å². The molecule has 0 spiro atoms. The number of benzene rings is 1. The first kappa shape index (κ1) is 17.2. The van der Waals surface area contributed by atoms with Crippen LogP contribution in [0.4, 0.5) is 0 Å². The van der Waals surface area contributed by atoms with Gasteiger partial charge >= 0.3 is 0 Å².